The molecule has 0 saturated heterocycles. The van der Waals surface area contributed by atoms with Crippen LogP contribution in [0.4, 0.5) is 0 Å². The number of thioether (sulfide) groups is 2. The Bertz CT molecular complexity index is 555. The Morgan fingerprint density at radius 1 is 1.53 bits per heavy atom. The molecule has 0 aromatic rings. The van der Waals surface area contributed by atoms with Gasteiger partial charge in [-0.2, -0.15) is 0 Å². The van der Waals surface area contributed by atoms with E-state index in [2.05, 4.69) is 27.5 Å². The number of nitrogens with zero attached hydrogens (tertiary/aromatic N) is 6. The van der Waals surface area contributed by atoms with Gasteiger partial charge in [-0.15, -0.1) is 0 Å². The van der Waals surface area contributed by atoms with Gasteiger partial charge in [0.05, 0.1) is 0 Å². The van der Waals surface area contributed by atoms with Gasteiger partial charge in [-0.1, -0.05) is 0 Å². The molecule has 0 aliphatic carbocycles. The van der Waals surface area contributed by atoms with E-state index in [4.69, 9.17) is 5.11 Å². The molecule has 19 heavy (non-hydrogen) atoms. The van der Waals surface area contributed by atoms with Gasteiger partial charge < -0.3 is 0 Å². The van der Waals surface area contributed by atoms with Crippen LogP contribution < -0.4 is 0 Å². The van der Waals surface area contributed by atoms with Crippen molar-refractivity contribution >= 4 is 50.5 Å². The second-order valence-electron chi connectivity index (χ2n) is 3.28. The first kappa shape index (κ1) is 15.0. The van der Waals surface area contributed by atoms with E-state index in [-0.39, 0.29) is 0 Å². The Morgan fingerprint density at radius 2 is 2.32 bits per heavy atom. The van der Waals surface area contributed by atoms with E-state index in [0.29, 0.717) is 58.0 Å². The summed E-state index contributed by atoms with van der Waals surface area (Å²) in [5, 5.41) is 18.2. The summed E-state index contributed by atoms with van der Waals surface area (Å²) in [5.74, 6) is -0.105. The van der Waals surface area contributed by atoms with Crippen molar-refractivity contribution in [3.63, 3.8) is 0 Å². The standard InChI is InChI=1S/C8H7N6O2S2.Y/c1-10-5-4(13-14-9)12-7(18-5)6-11-3(2-17-6)8(15)16;/h3H,2H2,1H3,(H,15,16);/q-1;+1/b10-5+,13-4+;. The van der Waals surface area contributed by atoms with Gasteiger partial charge in [-0.3, -0.25) is 0 Å². The van der Waals surface area contributed by atoms with Gasteiger partial charge in [0.25, 0.3) is 0 Å². The van der Waals surface area contributed by atoms with Gasteiger partial charge in [0, 0.05) is 0 Å². The molecule has 2 heterocycles. The number of hydrogen-bond donors (Lipinski definition) is 1. The summed E-state index contributed by atoms with van der Waals surface area (Å²) in [7, 11) is 1.64. The minimum absolute atomic E-state index is 0.391. The number of rotatable bonds is 3. The number of aliphatic imine (C=N–C) groups is 3. The molecule has 2 rings (SSSR count). The van der Waals surface area contributed by atoms with Crippen LogP contribution in [0.3, 0.4) is 0 Å². The molecular formula is C8H7N6O2S2Y. The van der Waals surface area contributed by atoms with Crippen LogP contribution in [0.5, 0.6) is 0 Å². The molecule has 0 amide bonds. The SMILES string of the molecule is C/N=C1/SC(C2=NC(C(=O)O)CS2)=N/C1=N/N=[N]/[Y]. The van der Waals surface area contributed by atoms with E-state index >= 15 is 0 Å². The van der Waals surface area contributed by atoms with Crippen LogP contribution in [0.15, 0.2) is 27.5 Å². The number of carboxylic acids is 1. The van der Waals surface area contributed by atoms with Gasteiger partial charge in [0.1, 0.15) is 0 Å². The fourth-order valence-corrected chi connectivity index (χ4v) is 3.35. The van der Waals surface area contributed by atoms with Crippen molar-refractivity contribution in [3.8, 4) is 0 Å². The quantitative estimate of drug-likeness (QED) is 0.588. The summed E-state index contributed by atoms with van der Waals surface area (Å²) in [6, 6.07) is -0.702. The summed E-state index contributed by atoms with van der Waals surface area (Å²) >= 11 is 3.32. The van der Waals surface area contributed by atoms with Crippen molar-refractivity contribution < 1.29 is 41.2 Å². The van der Waals surface area contributed by atoms with Crippen LogP contribution >= 0.6 is 23.5 Å². The van der Waals surface area contributed by atoms with E-state index in [9.17, 15) is 4.79 Å². The van der Waals surface area contributed by atoms with E-state index in [1.807, 2.05) is 0 Å². The topological polar surface area (TPSA) is 111 Å². The Balaban J connectivity index is 2.23. The monoisotopic (exact) mass is 372 g/mol. The Kier molecular flexibility index (Phi) is 5.37. The number of aliphatic carboxylic acids is 1. The summed E-state index contributed by atoms with van der Waals surface area (Å²) < 4.78 is 3.65. The minimum atomic E-state index is -0.922. The number of carbonyl (C=O) groups is 1. The first-order chi connectivity index (χ1) is 9.15. The van der Waals surface area contributed by atoms with Crippen molar-refractivity contribution in [2.24, 2.45) is 27.5 Å². The first-order valence-corrected chi connectivity index (χ1v) is 8.08. The molecular weight excluding hydrogens is 365 g/mol. The molecule has 1 N–H and O–H groups in total. The maximum absolute atomic E-state index is 10.8. The van der Waals surface area contributed by atoms with E-state index in [0.717, 1.165) is 0 Å². The Hall–Kier alpha value is -0.446. The number of hydrogen-bond acceptors (Lipinski definition) is 7. The second-order valence-corrected chi connectivity index (χ2v) is 5.83. The summed E-state index contributed by atoms with van der Waals surface area (Å²) in [6.45, 7) is 0. The molecule has 0 saturated carbocycles. The molecule has 96 valence electrons. The van der Waals surface area contributed by atoms with E-state index in [1.54, 1.807) is 7.05 Å². The maximum atomic E-state index is 10.8. The zero-order chi connectivity index (χ0) is 13.8. The normalized spacial score (nSPS) is 27.3. The predicted octanol–water partition coefficient (Wildman–Crippen LogP) is 0.986. The van der Waals surface area contributed by atoms with Crippen molar-refractivity contribution in [2.75, 3.05) is 12.8 Å². The molecule has 2 aliphatic rings. The summed E-state index contributed by atoms with van der Waals surface area (Å²) in [4.78, 5) is 23.3. The van der Waals surface area contributed by atoms with Crippen LogP contribution in [-0.2, 0) is 36.1 Å². The second kappa shape index (κ2) is 6.82. The zero-order valence-electron chi connectivity index (χ0n) is 9.72. The van der Waals surface area contributed by atoms with Gasteiger partial charge >= 0.3 is 138 Å². The third-order valence-corrected chi connectivity index (χ3v) is 4.58. The Labute approximate surface area is 137 Å². The molecule has 2 aliphatic heterocycles. The van der Waals surface area contributed by atoms with Crippen LogP contribution in [0.2, 0.25) is 0 Å². The Morgan fingerprint density at radius 3 is 2.89 bits per heavy atom. The molecule has 0 spiro atoms. The molecule has 0 fully saturated rings. The van der Waals surface area contributed by atoms with Gasteiger partial charge in [-0.25, -0.2) is 0 Å². The first-order valence-electron chi connectivity index (χ1n) is 5.01. The molecule has 0 bridgehead atoms. The van der Waals surface area contributed by atoms with Crippen molar-refractivity contribution in [2.45, 2.75) is 6.04 Å². The van der Waals surface area contributed by atoms with Crippen molar-refractivity contribution in [1.82, 2.24) is 0 Å². The van der Waals surface area contributed by atoms with Gasteiger partial charge in [0.15, 0.2) is 0 Å². The van der Waals surface area contributed by atoms with Crippen molar-refractivity contribution in [1.29, 1.82) is 0 Å². The van der Waals surface area contributed by atoms with E-state index < -0.39 is 12.0 Å². The average Bonchev–Trinajstić information content (AvgIpc) is 3.02. The van der Waals surface area contributed by atoms with Crippen LogP contribution in [0, 0.1) is 0 Å². The molecule has 0 aromatic heterocycles. The molecule has 11 heteroatoms. The molecule has 1 unspecified atom stereocenters. The number of amidine groups is 1. The average molecular weight is 372 g/mol. The van der Waals surface area contributed by atoms with Gasteiger partial charge in [0.2, 0.25) is 0 Å². The fraction of sp³-hybridized carbons (Fsp3) is 0.375. The predicted molar refractivity (Wildman–Crippen MR) is 72.0 cm³/mol. The third kappa shape index (κ3) is 3.56. The number of carboxylic acid groups (broad SMARTS) is 1. The third-order valence-electron chi connectivity index (χ3n) is 2.11. The van der Waals surface area contributed by atoms with Crippen LogP contribution in [-0.4, -0.2) is 50.9 Å². The van der Waals surface area contributed by atoms with Gasteiger partial charge in [-0.05, 0) is 0 Å². The fourth-order valence-electron chi connectivity index (χ4n) is 1.29. The van der Waals surface area contributed by atoms with Crippen LogP contribution in [0.25, 0.3) is 0 Å². The van der Waals surface area contributed by atoms with Crippen LogP contribution in [0.1, 0.15) is 0 Å². The van der Waals surface area contributed by atoms with E-state index in [1.165, 1.54) is 23.5 Å². The zero-order valence-corrected chi connectivity index (χ0v) is 14.2. The summed E-state index contributed by atoms with van der Waals surface area (Å²) in [6.07, 6.45) is 0. The molecule has 8 nitrogen and oxygen atoms in total. The summed E-state index contributed by atoms with van der Waals surface area (Å²) in [5.41, 5.74) is 0. The molecule has 1 atom stereocenters. The van der Waals surface area contributed by atoms with Crippen molar-refractivity contribution in [3.05, 3.63) is 0 Å². The molecule has 0 aromatic carbocycles. The molecule has 0 radical (unpaired) electrons.